The van der Waals surface area contributed by atoms with E-state index < -0.39 is 5.54 Å². The molecule has 1 spiro atoms. The minimum absolute atomic E-state index is 0.0465. The third kappa shape index (κ3) is 5.69. The summed E-state index contributed by atoms with van der Waals surface area (Å²) in [5.74, 6) is 0.238. The number of rotatable bonds is 8. The van der Waals surface area contributed by atoms with Gasteiger partial charge in [-0.05, 0) is 55.0 Å². The largest absolute Gasteiger partial charge is 0.350 e. The van der Waals surface area contributed by atoms with Crippen molar-refractivity contribution in [2.75, 3.05) is 31.2 Å². The van der Waals surface area contributed by atoms with Crippen molar-refractivity contribution in [3.8, 4) is 0 Å². The van der Waals surface area contributed by atoms with E-state index in [1.54, 1.807) is 17.0 Å². The molecule has 1 saturated carbocycles. The van der Waals surface area contributed by atoms with E-state index in [1.165, 1.54) is 37.8 Å². The monoisotopic (exact) mass is 520 g/mol. The highest BCUT2D eigenvalue weighted by Crippen LogP contribution is 2.39. The van der Waals surface area contributed by atoms with Gasteiger partial charge in [0.2, 0.25) is 11.8 Å². The molecule has 1 N–H and O–H groups in total. The first-order chi connectivity index (χ1) is 18.4. The van der Waals surface area contributed by atoms with Crippen LogP contribution in [0.3, 0.4) is 0 Å². The van der Waals surface area contributed by atoms with Crippen LogP contribution in [0.25, 0.3) is 0 Å². The highest BCUT2D eigenvalue weighted by atomic mass is 19.1. The second-order valence-electron chi connectivity index (χ2n) is 10.9. The van der Waals surface area contributed by atoms with Crippen LogP contribution in [0.2, 0.25) is 0 Å². The summed E-state index contributed by atoms with van der Waals surface area (Å²) in [6.07, 6.45) is 7.69. The van der Waals surface area contributed by atoms with Crippen LogP contribution in [-0.4, -0.2) is 59.4 Å². The summed E-state index contributed by atoms with van der Waals surface area (Å²) in [6.45, 7) is 1.64. The number of para-hydroxylation sites is 1. The average molecular weight is 521 g/mol. The van der Waals surface area contributed by atoms with Gasteiger partial charge in [-0.2, -0.15) is 0 Å². The van der Waals surface area contributed by atoms with E-state index in [1.807, 2.05) is 35.2 Å². The molecular formula is C30H37FN4O3. The predicted octanol–water partition coefficient (Wildman–Crippen LogP) is 4.08. The third-order valence-corrected chi connectivity index (χ3v) is 8.50. The molecule has 2 saturated heterocycles. The van der Waals surface area contributed by atoms with Crippen LogP contribution in [0, 0.1) is 11.7 Å². The molecule has 7 nitrogen and oxygen atoms in total. The maximum Gasteiger partial charge on any atom is 0.250 e. The van der Waals surface area contributed by atoms with Crippen LogP contribution in [0.4, 0.5) is 10.1 Å². The molecule has 0 radical (unpaired) electrons. The van der Waals surface area contributed by atoms with Gasteiger partial charge in [-0.25, -0.2) is 4.39 Å². The van der Waals surface area contributed by atoms with Crippen molar-refractivity contribution in [1.29, 1.82) is 0 Å². The first-order valence-electron chi connectivity index (χ1n) is 13.9. The molecule has 0 atom stereocenters. The van der Waals surface area contributed by atoms with Crippen molar-refractivity contribution < 1.29 is 18.8 Å². The Bertz CT molecular complexity index is 1130. The second kappa shape index (κ2) is 11.5. The maximum atomic E-state index is 13.8. The predicted molar refractivity (Wildman–Crippen MR) is 143 cm³/mol. The summed E-state index contributed by atoms with van der Waals surface area (Å²) >= 11 is 0. The van der Waals surface area contributed by atoms with Crippen LogP contribution in [0.15, 0.2) is 54.6 Å². The number of benzene rings is 2. The Morgan fingerprint density at radius 1 is 0.974 bits per heavy atom. The van der Waals surface area contributed by atoms with Gasteiger partial charge < -0.3 is 20.0 Å². The molecular weight excluding hydrogens is 483 g/mol. The van der Waals surface area contributed by atoms with E-state index in [0.717, 1.165) is 17.7 Å². The molecule has 0 bridgehead atoms. The van der Waals surface area contributed by atoms with Crippen molar-refractivity contribution in [3.05, 3.63) is 66.0 Å². The van der Waals surface area contributed by atoms with Crippen molar-refractivity contribution in [3.63, 3.8) is 0 Å². The Labute approximate surface area is 224 Å². The molecule has 0 unspecified atom stereocenters. The second-order valence-corrected chi connectivity index (χ2v) is 10.9. The van der Waals surface area contributed by atoms with Crippen LogP contribution in [-0.2, 0) is 20.9 Å². The number of likely N-dealkylation sites (tertiary alicyclic amines) is 1. The lowest BCUT2D eigenvalue weighted by Crippen LogP contribution is -2.57. The van der Waals surface area contributed by atoms with Gasteiger partial charge in [0.15, 0.2) is 0 Å². The summed E-state index contributed by atoms with van der Waals surface area (Å²) in [5.41, 5.74) is 0.969. The Balaban J connectivity index is 1.23. The quantitative estimate of drug-likeness (QED) is 0.569. The number of hydrogen-bond acceptors (Lipinski definition) is 4. The molecule has 1 aliphatic carbocycles. The number of piperidine rings is 1. The van der Waals surface area contributed by atoms with E-state index in [9.17, 15) is 18.8 Å². The molecule has 2 heterocycles. The van der Waals surface area contributed by atoms with Gasteiger partial charge in [0.05, 0.1) is 6.67 Å². The first-order valence-corrected chi connectivity index (χ1v) is 13.9. The van der Waals surface area contributed by atoms with Gasteiger partial charge in [0.25, 0.3) is 5.91 Å². The van der Waals surface area contributed by atoms with Gasteiger partial charge in [0.1, 0.15) is 17.9 Å². The number of carbonyl (C=O) groups is 3. The molecule has 202 valence electrons. The molecule has 2 aliphatic heterocycles. The summed E-state index contributed by atoms with van der Waals surface area (Å²) in [4.78, 5) is 45.2. The fraction of sp³-hybridized carbons (Fsp3) is 0.500. The van der Waals surface area contributed by atoms with Crippen molar-refractivity contribution in [2.45, 2.75) is 63.5 Å². The number of nitrogens with zero attached hydrogens (tertiary/aromatic N) is 3. The normalized spacial score (nSPS) is 19.4. The summed E-state index contributed by atoms with van der Waals surface area (Å²) < 4.78 is 13.2. The average Bonchev–Trinajstić information content (AvgIpc) is 3.55. The molecule has 2 aromatic carbocycles. The molecule has 3 fully saturated rings. The Hall–Kier alpha value is -3.42. The minimum atomic E-state index is -0.763. The van der Waals surface area contributed by atoms with Gasteiger partial charge in [-0.15, -0.1) is 0 Å². The molecule has 0 aromatic heterocycles. The standard InChI is InChI=1S/C30H37FN4O3/c31-25-13-10-24(11-14-25)20-32-27(36)21-34-22-35(26-8-2-1-3-9-26)30(29(34)38)16-18-33(19-17-30)28(37)15-12-23-6-4-5-7-23/h1-3,8-11,13-14,23H,4-7,12,15-22H2,(H,32,36). The number of anilines is 1. The highest BCUT2D eigenvalue weighted by Gasteiger charge is 2.54. The van der Waals surface area contributed by atoms with Crippen LogP contribution >= 0.6 is 0 Å². The lowest BCUT2D eigenvalue weighted by atomic mass is 9.85. The maximum absolute atomic E-state index is 13.8. The van der Waals surface area contributed by atoms with Crippen molar-refractivity contribution in [1.82, 2.24) is 15.1 Å². The smallest absolute Gasteiger partial charge is 0.250 e. The van der Waals surface area contributed by atoms with Gasteiger partial charge >= 0.3 is 0 Å². The lowest BCUT2D eigenvalue weighted by Gasteiger charge is -2.43. The Morgan fingerprint density at radius 3 is 2.34 bits per heavy atom. The third-order valence-electron chi connectivity index (χ3n) is 8.50. The zero-order valence-electron chi connectivity index (χ0n) is 21.9. The lowest BCUT2D eigenvalue weighted by molar-refractivity contribution is -0.140. The molecule has 5 rings (SSSR count). The van der Waals surface area contributed by atoms with Crippen molar-refractivity contribution in [2.24, 2.45) is 5.92 Å². The number of halogens is 1. The first kappa shape index (κ1) is 26.2. The number of amides is 3. The van der Waals surface area contributed by atoms with E-state index in [4.69, 9.17) is 0 Å². The molecule has 3 aliphatic rings. The van der Waals surface area contributed by atoms with Crippen LogP contribution in [0.5, 0.6) is 0 Å². The Morgan fingerprint density at radius 2 is 1.66 bits per heavy atom. The van der Waals surface area contributed by atoms with Gasteiger partial charge in [-0.3, -0.25) is 14.4 Å². The van der Waals surface area contributed by atoms with Crippen LogP contribution < -0.4 is 10.2 Å². The topological polar surface area (TPSA) is 73.0 Å². The van der Waals surface area contributed by atoms with E-state index in [-0.39, 0.29) is 36.6 Å². The van der Waals surface area contributed by atoms with Crippen molar-refractivity contribution >= 4 is 23.4 Å². The SMILES string of the molecule is O=C(CN1CN(c2ccccc2)C2(CCN(C(=O)CCC3CCCC3)CC2)C1=O)NCc1ccc(F)cc1. The van der Waals surface area contributed by atoms with E-state index in [2.05, 4.69) is 10.2 Å². The van der Waals surface area contributed by atoms with Gasteiger partial charge in [0, 0.05) is 31.7 Å². The Kier molecular flexibility index (Phi) is 7.95. The fourth-order valence-electron chi connectivity index (χ4n) is 6.27. The van der Waals surface area contributed by atoms with Crippen LogP contribution in [0.1, 0.15) is 56.9 Å². The summed E-state index contributed by atoms with van der Waals surface area (Å²) in [7, 11) is 0. The van der Waals surface area contributed by atoms with E-state index >= 15 is 0 Å². The molecule has 8 heteroatoms. The number of nitrogens with one attached hydrogen (secondary N) is 1. The van der Waals surface area contributed by atoms with Gasteiger partial charge in [-0.1, -0.05) is 56.0 Å². The zero-order valence-corrected chi connectivity index (χ0v) is 21.9. The number of carbonyl (C=O) groups excluding carboxylic acids is 3. The summed E-state index contributed by atoms with van der Waals surface area (Å²) in [6, 6.07) is 15.8. The molecule has 2 aromatic rings. The fourth-order valence-corrected chi connectivity index (χ4v) is 6.27. The molecule has 3 amide bonds. The number of hydrogen-bond donors (Lipinski definition) is 1. The minimum Gasteiger partial charge on any atom is -0.350 e. The zero-order chi connectivity index (χ0) is 26.5. The summed E-state index contributed by atoms with van der Waals surface area (Å²) in [5, 5.41) is 2.84. The highest BCUT2D eigenvalue weighted by molar-refractivity contribution is 5.96. The molecule has 38 heavy (non-hydrogen) atoms. The van der Waals surface area contributed by atoms with E-state index in [0.29, 0.717) is 44.9 Å².